The van der Waals surface area contributed by atoms with Gasteiger partial charge in [-0.3, -0.25) is 4.79 Å². The lowest BCUT2D eigenvalue weighted by Crippen LogP contribution is -2.40. The highest BCUT2D eigenvalue weighted by molar-refractivity contribution is 5.78. The number of rotatable bonds is 6. The van der Waals surface area contributed by atoms with E-state index in [0.717, 1.165) is 18.4 Å². The predicted octanol–water partition coefficient (Wildman–Crippen LogP) is 2.85. The fourth-order valence-corrected chi connectivity index (χ4v) is 3.58. The number of carbonyl (C=O) groups is 1. The molecule has 2 fully saturated rings. The molecule has 0 spiro atoms. The average Bonchev–Trinajstić information content (AvgIpc) is 2.92. The maximum absolute atomic E-state index is 11.8. The predicted molar refractivity (Wildman–Crippen MR) is 79.0 cm³/mol. The molecule has 0 heterocycles. The molecule has 2 saturated carbocycles. The van der Waals surface area contributed by atoms with Crippen molar-refractivity contribution in [3.63, 3.8) is 0 Å². The fourth-order valence-electron chi connectivity index (χ4n) is 3.58. The molecule has 110 valence electrons. The summed E-state index contributed by atoms with van der Waals surface area (Å²) in [5.41, 5.74) is 0. The first-order chi connectivity index (χ1) is 9.28. The maximum atomic E-state index is 11.8. The number of hydrogen-bond donors (Lipinski definition) is 2. The van der Waals surface area contributed by atoms with Gasteiger partial charge >= 0.3 is 0 Å². The molecule has 0 aromatic heterocycles. The van der Waals surface area contributed by atoms with E-state index in [0.29, 0.717) is 12.6 Å². The molecule has 0 aromatic carbocycles. The van der Waals surface area contributed by atoms with Crippen molar-refractivity contribution in [2.24, 2.45) is 11.8 Å². The zero-order valence-electron chi connectivity index (χ0n) is 12.4. The molecule has 3 nitrogen and oxygen atoms in total. The molecular formula is C16H30N2O. The van der Waals surface area contributed by atoms with Crippen molar-refractivity contribution in [1.82, 2.24) is 10.6 Å². The monoisotopic (exact) mass is 266 g/mol. The summed E-state index contributed by atoms with van der Waals surface area (Å²) in [7, 11) is 0. The third kappa shape index (κ3) is 5.13. The van der Waals surface area contributed by atoms with Gasteiger partial charge in [-0.1, -0.05) is 39.0 Å². The molecule has 0 radical (unpaired) electrons. The summed E-state index contributed by atoms with van der Waals surface area (Å²) < 4.78 is 0. The topological polar surface area (TPSA) is 41.1 Å². The molecule has 2 aliphatic carbocycles. The van der Waals surface area contributed by atoms with Crippen molar-refractivity contribution in [2.45, 2.75) is 70.8 Å². The summed E-state index contributed by atoms with van der Waals surface area (Å²) in [6.07, 6.45) is 11.7. The van der Waals surface area contributed by atoms with E-state index in [4.69, 9.17) is 0 Å². The van der Waals surface area contributed by atoms with Crippen LogP contribution < -0.4 is 10.6 Å². The van der Waals surface area contributed by atoms with Crippen LogP contribution in [0.25, 0.3) is 0 Å². The molecule has 2 rings (SSSR count). The average molecular weight is 266 g/mol. The molecule has 2 aliphatic rings. The number of nitrogens with one attached hydrogen (secondary N) is 2. The van der Waals surface area contributed by atoms with Gasteiger partial charge in [0.05, 0.1) is 6.54 Å². The highest BCUT2D eigenvalue weighted by atomic mass is 16.1. The van der Waals surface area contributed by atoms with Crippen LogP contribution in [-0.4, -0.2) is 25.0 Å². The van der Waals surface area contributed by atoms with Crippen LogP contribution in [0.1, 0.15) is 64.7 Å². The van der Waals surface area contributed by atoms with Crippen LogP contribution >= 0.6 is 0 Å². The summed E-state index contributed by atoms with van der Waals surface area (Å²) in [5, 5.41) is 6.48. The van der Waals surface area contributed by atoms with Crippen molar-refractivity contribution >= 4 is 5.91 Å². The molecule has 0 unspecified atom stereocenters. The summed E-state index contributed by atoms with van der Waals surface area (Å²) in [5.74, 6) is 1.94. The van der Waals surface area contributed by atoms with E-state index >= 15 is 0 Å². The van der Waals surface area contributed by atoms with Crippen LogP contribution in [0.2, 0.25) is 0 Å². The van der Waals surface area contributed by atoms with Gasteiger partial charge in [0.2, 0.25) is 5.91 Å². The van der Waals surface area contributed by atoms with E-state index in [1.165, 1.54) is 57.8 Å². The second-order valence-electron chi connectivity index (χ2n) is 6.47. The molecule has 0 aliphatic heterocycles. The van der Waals surface area contributed by atoms with E-state index in [-0.39, 0.29) is 5.91 Å². The Morgan fingerprint density at radius 2 is 1.63 bits per heavy atom. The number of carbonyl (C=O) groups excluding carboxylic acids is 1. The molecule has 3 heteroatoms. The Balaban J connectivity index is 1.52. The van der Waals surface area contributed by atoms with Gasteiger partial charge in [-0.2, -0.15) is 0 Å². The smallest absolute Gasteiger partial charge is 0.234 e. The van der Waals surface area contributed by atoms with Gasteiger partial charge in [0.15, 0.2) is 0 Å². The number of hydrogen-bond acceptors (Lipinski definition) is 2. The first-order valence-corrected chi connectivity index (χ1v) is 8.28. The summed E-state index contributed by atoms with van der Waals surface area (Å²) >= 11 is 0. The highest BCUT2D eigenvalue weighted by Crippen LogP contribution is 2.29. The van der Waals surface area contributed by atoms with Crippen molar-refractivity contribution in [3.8, 4) is 0 Å². The quantitative estimate of drug-likeness (QED) is 0.776. The maximum Gasteiger partial charge on any atom is 0.234 e. The fraction of sp³-hybridized carbons (Fsp3) is 0.938. The SMILES string of the molecule is CCC1CCC(CNCC(=O)NC2CCCC2)CC1. The number of amides is 1. The Morgan fingerprint density at radius 1 is 1.00 bits per heavy atom. The van der Waals surface area contributed by atoms with E-state index < -0.39 is 0 Å². The highest BCUT2D eigenvalue weighted by Gasteiger charge is 2.20. The Hall–Kier alpha value is -0.570. The van der Waals surface area contributed by atoms with Gasteiger partial charge in [0.25, 0.3) is 0 Å². The van der Waals surface area contributed by atoms with Crippen LogP contribution in [-0.2, 0) is 4.79 Å². The van der Waals surface area contributed by atoms with Crippen molar-refractivity contribution < 1.29 is 4.79 Å². The normalized spacial score (nSPS) is 28.5. The van der Waals surface area contributed by atoms with Gasteiger partial charge in [0.1, 0.15) is 0 Å². The van der Waals surface area contributed by atoms with Gasteiger partial charge < -0.3 is 10.6 Å². The third-order valence-corrected chi connectivity index (χ3v) is 4.98. The Morgan fingerprint density at radius 3 is 2.26 bits per heavy atom. The first kappa shape index (κ1) is 14.8. The van der Waals surface area contributed by atoms with E-state index in [2.05, 4.69) is 17.6 Å². The van der Waals surface area contributed by atoms with Gasteiger partial charge in [-0.25, -0.2) is 0 Å². The lowest BCUT2D eigenvalue weighted by atomic mass is 9.81. The second kappa shape index (κ2) is 7.88. The van der Waals surface area contributed by atoms with Gasteiger partial charge in [0, 0.05) is 6.04 Å². The second-order valence-corrected chi connectivity index (χ2v) is 6.47. The van der Waals surface area contributed by atoms with Crippen LogP contribution in [0.3, 0.4) is 0 Å². The lowest BCUT2D eigenvalue weighted by Gasteiger charge is -2.27. The van der Waals surface area contributed by atoms with Crippen LogP contribution in [0.4, 0.5) is 0 Å². The molecule has 2 N–H and O–H groups in total. The summed E-state index contributed by atoms with van der Waals surface area (Å²) in [4.78, 5) is 11.8. The summed E-state index contributed by atoms with van der Waals surface area (Å²) in [6.45, 7) is 3.83. The Labute approximate surface area is 117 Å². The molecule has 19 heavy (non-hydrogen) atoms. The van der Waals surface area contributed by atoms with Crippen molar-refractivity contribution in [3.05, 3.63) is 0 Å². The minimum atomic E-state index is 0.189. The molecular weight excluding hydrogens is 236 g/mol. The standard InChI is InChI=1S/C16H30N2O/c1-2-13-7-9-14(10-8-13)11-17-12-16(19)18-15-5-3-4-6-15/h13-15,17H,2-12H2,1H3,(H,18,19). The molecule has 0 bridgehead atoms. The summed E-state index contributed by atoms with van der Waals surface area (Å²) in [6, 6.07) is 0.453. The van der Waals surface area contributed by atoms with Gasteiger partial charge in [-0.05, 0) is 44.1 Å². The van der Waals surface area contributed by atoms with Crippen LogP contribution in [0.15, 0.2) is 0 Å². The van der Waals surface area contributed by atoms with Crippen LogP contribution in [0, 0.1) is 11.8 Å². The van der Waals surface area contributed by atoms with Gasteiger partial charge in [-0.15, -0.1) is 0 Å². The van der Waals surface area contributed by atoms with E-state index in [1.54, 1.807) is 0 Å². The molecule has 0 atom stereocenters. The van der Waals surface area contributed by atoms with E-state index in [9.17, 15) is 4.79 Å². The molecule has 0 saturated heterocycles. The third-order valence-electron chi connectivity index (χ3n) is 4.98. The lowest BCUT2D eigenvalue weighted by molar-refractivity contribution is -0.120. The minimum Gasteiger partial charge on any atom is -0.352 e. The molecule has 0 aromatic rings. The van der Waals surface area contributed by atoms with Crippen molar-refractivity contribution in [2.75, 3.05) is 13.1 Å². The van der Waals surface area contributed by atoms with Crippen molar-refractivity contribution in [1.29, 1.82) is 0 Å². The molecule has 1 amide bonds. The zero-order chi connectivity index (χ0) is 13.5. The zero-order valence-corrected chi connectivity index (χ0v) is 12.4. The Kier molecular flexibility index (Phi) is 6.15. The minimum absolute atomic E-state index is 0.189. The largest absolute Gasteiger partial charge is 0.352 e. The Bertz CT molecular complexity index is 266. The first-order valence-electron chi connectivity index (χ1n) is 8.28. The van der Waals surface area contributed by atoms with E-state index in [1.807, 2.05) is 0 Å². The van der Waals surface area contributed by atoms with Crippen LogP contribution in [0.5, 0.6) is 0 Å².